The van der Waals surface area contributed by atoms with Gasteiger partial charge in [0.05, 0.1) is 5.25 Å². The van der Waals surface area contributed by atoms with Gasteiger partial charge in [-0.1, -0.05) is 0 Å². The van der Waals surface area contributed by atoms with Gasteiger partial charge in [0, 0.05) is 45.1 Å². The van der Waals surface area contributed by atoms with Crippen molar-refractivity contribution in [2.24, 2.45) is 0 Å². The average molecular weight is 309 g/mol. The first-order valence-electron chi connectivity index (χ1n) is 7.65. The standard InChI is InChI=1S/C15H23N3O2S/c1-17(21(19,20)15-2-3-15)14-6-10-18(11-7-14)12-13-4-8-16-9-5-13/h4-5,8-9,14-15H,2-3,6-7,10-12H2,1H3. The largest absolute Gasteiger partial charge is 0.299 e. The van der Waals surface area contributed by atoms with Crippen LogP contribution in [0.4, 0.5) is 0 Å². The van der Waals surface area contributed by atoms with Crippen LogP contribution in [0, 0.1) is 0 Å². The number of rotatable bonds is 5. The first kappa shape index (κ1) is 14.9. The number of aromatic nitrogens is 1. The Hall–Kier alpha value is -0.980. The second-order valence-electron chi connectivity index (χ2n) is 6.12. The molecule has 0 unspecified atom stereocenters. The zero-order valence-electron chi connectivity index (χ0n) is 12.5. The van der Waals surface area contributed by atoms with Crippen molar-refractivity contribution in [3.8, 4) is 0 Å². The van der Waals surface area contributed by atoms with Crippen molar-refractivity contribution in [1.82, 2.24) is 14.2 Å². The molecule has 2 fully saturated rings. The quantitative estimate of drug-likeness (QED) is 0.826. The van der Waals surface area contributed by atoms with Gasteiger partial charge in [-0.05, 0) is 43.4 Å². The number of nitrogens with zero attached hydrogens (tertiary/aromatic N) is 3. The van der Waals surface area contributed by atoms with Crippen LogP contribution in [0.25, 0.3) is 0 Å². The minimum atomic E-state index is -3.04. The van der Waals surface area contributed by atoms with Crippen LogP contribution in [0.3, 0.4) is 0 Å². The first-order chi connectivity index (χ1) is 10.1. The lowest BCUT2D eigenvalue weighted by atomic mass is 10.0. The van der Waals surface area contributed by atoms with E-state index >= 15 is 0 Å². The van der Waals surface area contributed by atoms with Crippen LogP contribution in [0.2, 0.25) is 0 Å². The highest BCUT2D eigenvalue weighted by molar-refractivity contribution is 7.90. The molecule has 0 radical (unpaired) electrons. The van der Waals surface area contributed by atoms with Gasteiger partial charge in [-0.25, -0.2) is 12.7 Å². The summed E-state index contributed by atoms with van der Waals surface area (Å²) in [6, 6.07) is 4.25. The van der Waals surface area contributed by atoms with E-state index in [-0.39, 0.29) is 11.3 Å². The van der Waals surface area contributed by atoms with Crippen molar-refractivity contribution in [3.63, 3.8) is 0 Å². The molecule has 1 saturated carbocycles. The van der Waals surface area contributed by atoms with Crippen LogP contribution >= 0.6 is 0 Å². The van der Waals surface area contributed by atoms with Crippen molar-refractivity contribution < 1.29 is 8.42 Å². The minimum Gasteiger partial charge on any atom is -0.299 e. The van der Waals surface area contributed by atoms with E-state index in [9.17, 15) is 8.42 Å². The third kappa shape index (κ3) is 3.44. The Morgan fingerprint density at radius 3 is 2.38 bits per heavy atom. The Morgan fingerprint density at radius 1 is 1.19 bits per heavy atom. The molecule has 5 nitrogen and oxygen atoms in total. The second-order valence-corrected chi connectivity index (χ2v) is 8.40. The maximum atomic E-state index is 12.3. The molecule has 0 spiro atoms. The molecule has 6 heteroatoms. The Balaban J connectivity index is 1.53. The summed E-state index contributed by atoms with van der Waals surface area (Å²) in [4.78, 5) is 6.42. The molecule has 2 aliphatic rings. The van der Waals surface area contributed by atoms with Crippen LogP contribution in [0.1, 0.15) is 31.2 Å². The van der Waals surface area contributed by atoms with Gasteiger partial charge in [0.25, 0.3) is 0 Å². The smallest absolute Gasteiger partial charge is 0.216 e. The monoisotopic (exact) mass is 309 g/mol. The van der Waals surface area contributed by atoms with Crippen LogP contribution in [-0.2, 0) is 16.6 Å². The molecule has 1 aromatic heterocycles. The van der Waals surface area contributed by atoms with Gasteiger partial charge in [-0.15, -0.1) is 0 Å². The minimum absolute atomic E-state index is 0.0997. The van der Waals surface area contributed by atoms with Gasteiger partial charge in [0.15, 0.2) is 0 Å². The molecule has 0 aromatic carbocycles. The van der Waals surface area contributed by atoms with Crippen molar-refractivity contribution in [2.45, 2.75) is 43.5 Å². The summed E-state index contributed by atoms with van der Waals surface area (Å²) in [5.41, 5.74) is 1.27. The summed E-state index contributed by atoms with van der Waals surface area (Å²) < 4.78 is 26.2. The molecule has 1 saturated heterocycles. The highest BCUT2D eigenvalue weighted by Crippen LogP contribution is 2.32. The molecule has 0 N–H and O–H groups in total. The van der Waals surface area contributed by atoms with Crippen LogP contribution < -0.4 is 0 Å². The van der Waals surface area contributed by atoms with Gasteiger partial charge >= 0.3 is 0 Å². The van der Waals surface area contributed by atoms with E-state index in [1.165, 1.54) is 5.56 Å². The molecule has 1 aliphatic heterocycles. The van der Waals surface area contributed by atoms with E-state index in [4.69, 9.17) is 0 Å². The lowest BCUT2D eigenvalue weighted by molar-refractivity contribution is 0.163. The van der Waals surface area contributed by atoms with E-state index in [1.54, 1.807) is 11.4 Å². The number of hydrogen-bond acceptors (Lipinski definition) is 4. The van der Waals surface area contributed by atoms with E-state index in [2.05, 4.69) is 9.88 Å². The normalized spacial score (nSPS) is 21.8. The second kappa shape index (κ2) is 6.02. The van der Waals surface area contributed by atoms with Crippen molar-refractivity contribution >= 4 is 10.0 Å². The summed E-state index contributed by atoms with van der Waals surface area (Å²) in [6.07, 6.45) is 7.17. The fraction of sp³-hybridized carbons (Fsp3) is 0.667. The average Bonchev–Trinajstić information content (AvgIpc) is 3.33. The third-order valence-corrected chi connectivity index (χ3v) is 6.99. The fourth-order valence-corrected chi connectivity index (χ4v) is 4.82. The number of hydrogen-bond donors (Lipinski definition) is 0. The lowest BCUT2D eigenvalue weighted by Crippen LogP contribution is -2.46. The van der Waals surface area contributed by atoms with Gasteiger partial charge in [0.1, 0.15) is 0 Å². The molecular formula is C15H23N3O2S. The Morgan fingerprint density at radius 2 is 1.81 bits per heavy atom. The van der Waals surface area contributed by atoms with Crippen LogP contribution in [0.5, 0.6) is 0 Å². The summed E-state index contributed by atoms with van der Waals surface area (Å²) in [6.45, 7) is 2.84. The Kier molecular flexibility index (Phi) is 4.28. The maximum absolute atomic E-state index is 12.3. The fourth-order valence-electron chi connectivity index (χ4n) is 3.00. The predicted molar refractivity (Wildman–Crippen MR) is 82.2 cm³/mol. The van der Waals surface area contributed by atoms with Gasteiger partial charge in [0.2, 0.25) is 10.0 Å². The first-order valence-corrected chi connectivity index (χ1v) is 9.16. The topological polar surface area (TPSA) is 53.5 Å². The van der Waals surface area contributed by atoms with E-state index < -0.39 is 10.0 Å². The number of likely N-dealkylation sites (tertiary alicyclic amines) is 1. The molecule has 0 atom stereocenters. The molecule has 2 heterocycles. The lowest BCUT2D eigenvalue weighted by Gasteiger charge is -2.36. The molecule has 116 valence electrons. The van der Waals surface area contributed by atoms with Crippen molar-refractivity contribution in [1.29, 1.82) is 0 Å². The SMILES string of the molecule is CN(C1CCN(Cc2ccncc2)CC1)S(=O)(=O)C1CC1. The maximum Gasteiger partial charge on any atom is 0.216 e. The van der Waals surface area contributed by atoms with Crippen molar-refractivity contribution in [2.75, 3.05) is 20.1 Å². The van der Waals surface area contributed by atoms with Crippen LogP contribution in [-0.4, -0.2) is 54.0 Å². The van der Waals surface area contributed by atoms with Gasteiger partial charge in [-0.3, -0.25) is 9.88 Å². The van der Waals surface area contributed by atoms with E-state index in [0.29, 0.717) is 0 Å². The third-order valence-electron chi connectivity index (χ3n) is 4.57. The number of sulfonamides is 1. The predicted octanol–water partition coefficient (Wildman–Crippen LogP) is 1.47. The van der Waals surface area contributed by atoms with Gasteiger partial charge < -0.3 is 0 Å². The van der Waals surface area contributed by atoms with Gasteiger partial charge in [-0.2, -0.15) is 0 Å². The molecule has 1 aromatic rings. The molecule has 3 rings (SSSR count). The molecule has 1 aliphatic carbocycles. The zero-order chi connectivity index (χ0) is 14.9. The summed E-state index contributed by atoms with van der Waals surface area (Å²) in [5, 5.41) is -0.0997. The Bertz CT molecular complexity index is 564. The highest BCUT2D eigenvalue weighted by Gasteiger charge is 2.41. The molecular weight excluding hydrogens is 286 g/mol. The zero-order valence-corrected chi connectivity index (χ0v) is 13.3. The van der Waals surface area contributed by atoms with E-state index in [1.807, 2.05) is 24.5 Å². The number of pyridine rings is 1. The molecule has 0 amide bonds. The highest BCUT2D eigenvalue weighted by atomic mass is 32.2. The summed E-state index contributed by atoms with van der Waals surface area (Å²) in [5.74, 6) is 0. The molecule has 21 heavy (non-hydrogen) atoms. The van der Waals surface area contributed by atoms with E-state index in [0.717, 1.165) is 45.3 Å². The number of piperidine rings is 1. The Labute approximate surface area is 127 Å². The van der Waals surface area contributed by atoms with Crippen molar-refractivity contribution in [3.05, 3.63) is 30.1 Å². The summed E-state index contributed by atoms with van der Waals surface area (Å²) >= 11 is 0. The van der Waals surface area contributed by atoms with Crippen LogP contribution in [0.15, 0.2) is 24.5 Å². The molecule has 0 bridgehead atoms. The summed E-state index contributed by atoms with van der Waals surface area (Å²) in [7, 11) is -1.27.